The number of aromatic nitrogens is 5. The fourth-order valence-electron chi connectivity index (χ4n) is 6.05. The van der Waals surface area contributed by atoms with Crippen LogP contribution in [-0.2, 0) is 16.4 Å². The van der Waals surface area contributed by atoms with Gasteiger partial charge in [-0.2, -0.15) is 17.6 Å². The first-order chi connectivity index (χ1) is 21.4. The van der Waals surface area contributed by atoms with Crippen molar-refractivity contribution in [3.05, 3.63) is 91.0 Å². The number of nitrogens with two attached hydrogens (primary N) is 1. The van der Waals surface area contributed by atoms with Crippen LogP contribution >= 0.6 is 0 Å². The molecule has 5 aromatic rings. The van der Waals surface area contributed by atoms with Gasteiger partial charge in [-0.1, -0.05) is 48.5 Å². The normalized spacial score (nSPS) is 18.7. The van der Waals surface area contributed by atoms with E-state index in [0.29, 0.717) is 34.6 Å². The number of nitrogen functional groups attached to an aromatic ring is 1. The number of benzene rings is 2. The van der Waals surface area contributed by atoms with Crippen LogP contribution in [0.25, 0.3) is 22.3 Å². The van der Waals surface area contributed by atoms with Gasteiger partial charge in [-0.25, -0.2) is 9.97 Å². The van der Waals surface area contributed by atoms with Crippen molar-refractivity contribution in [1.29, 1.82) is 0 Å². The minimum Gasteiger partial charge on any atom is -0.391 e. The van der Waals surface area contributed by atoms with Crippen LogP contribution in [0.2, 0.25) is 0 Å². The number of aliphatic hydroxyl groups excluding tert-OH is 1. The summed E-state index contributed by atoms with van der Waals surface area (Å²) in [6, 6.07) is 20.1. The maximum Gasteiger partial charge on any atom is 0.282 e. The summed E-state index contributed by atoms with van der Waals surface area (Å²) in [6.45, 7) is 3.65. The third-order valence-electron chi connectivity index (χ3n) is 8.29. The number of anilines is 1. The Bertz CT molecular complexity index is 1790. The lowest BCUT2D eigenvalue weighted by Gasteiger charge is -2.17. The monoisotopic (exact) mass is 614 g/mol. The van der Waals surface area contributed by atoms with E-state index in [1.165, 1.54) is 30.2 Å². The summed E-state index contributed by atoms with van der Waals surface area (Å²) in [7, 11) is -3.86. The van der Waals surface area contributed by atoms with Crippen molar-refractivity contribution in [2.45, 2.75) is 42.7 Å². The molecule has 1 fully saturated rings. The third kappa shape index (κ3) is 6.39. The lowest BCUT2D eigenvalue weighted by Crippen LogP contribution is -2.26. The van der Waals surface area contributed by atoms with E-state index in [9.17, 15) is 13.5 Å². The van der Waals surface area contributed by atoms with Crippen molar-refractivity contribution in [3.63, 3.8) is 0 Å². The summed E-state index contributed by atoms with van der Waals surface area (Å²) >= 11 is 0. The van der Waals surface area contributed by atoms with Crippen LogP contribution in [0, 0.1) is 5.92 Å². The molecule has 2 aromatic carbocycles. The van der Waals surface area contributed by atoms with Gasteiger partial charge in [-0.15, -0.1) is 0 Å². The minimum atomic E-state index is -3.86. The van der Waals surface area contributed by atoms with Gasteiger partial charge in [0, 0.05) is 18.0 Å². The molecule has 11 nitrogen and oxygen atoms in total. The summed E-state index contributed by atoms with van der Waals surface area (Å²) in [5.74, 6) is 0.573. The summed E-state index contributed by atoms with van der Waals surface area (Å²) in [5, 5.41) is 23.2. The van der Waals surface area contributed by atoms with E-state index in [2.05, 4.69) is 50.0 Å². The highest BCUT2D eigenvalue weighted by Crippen LogP contribution is 2.40. The Balaban J connectivity index is 1.09. The lowest BCUT2D eigenvalue weighted by atomic mass is 10.1. The van der Waals surface area contributed by atoms with Crippen LogP contribution < -0.4 is 16.4 Å². The molecule has 12 heteroatoms. The molecule has 0 spiro atoms. The van der Waals surface area contributed by atoms with E-state index in [0.717, 1.165) is 49.5 Å². The number of nitrogens with one attached hydrogen (secondary N) is 2. The molecule has 0 bridgehead atoms. The van der Waals surface area contributed by atoms with Crippen LogP contribution in [-0.4, -0.2) is 69.5 Å². The Kier molecular flexibility index (Phi) is 9.03. The maximum absolute atomic E-state index is 13.1. The highest BCUT2D eigenvalue weighted by atomic mass is 32.2. The molecule has 44 heavy (non-hydrogen) atoms. The predicted octanol–water partition coefficient (Wildman–Crippen LogP) is 3.24. The summed E-state index contributed by atoms with van der Waals surface area (Å²) in [6.07, 6.45) is 7.63. The molecule has 0 saturated heterocycles. The average Bonchev–Trinajstić information content (AvgIpc) is 3.77. The summed E-state index contributed by atoms with van der Waals surface area (Å²) in [5.41, 5.74) is 9.29. The summed E-state index contributed by atoms with van der Waals surface area (Å²) < 4.78 is 29.2. The van der Waals surface area contributed by atoms with E-state index in [-0.39, 0.29) is 16.8 Å². The van der Waals surface area contributed by atoms with E-state index in [1.54, 1.807) is 24.3 Å². The van der Waals surface area contributed by atoms with Crippen LogP contribution in [0.3, 0.4) is 0 Å². The molecule has 1 aliphatic carbocycles. The van der Waals surface area contributed by atoms with E-state index in [4.69, 9.17) is 5.73 Å². The minimum absolute atomic E-state index is 0.146. The van der Waals surface area contributed by atoms with Gasteiger partial charge in [0.15, 0.2) is 0 Å². The largest absolute Gasteiger partial charge is 0.391 e. The molecule has 1 unspecified atom stereocenters. The second-order valence-electron chi connectivity index (χ2n) is 11.3. The molecule has 230 valence electrons. The van der Waals surface area contributed by atoms with E-state index in [1.807, 2.05) is 16.8 Å². The number of fused-ring (bicyclic) bond motifs is 1. The van der Waals surface area contributed by atoms with Crippen LogP contribution in [0.1, 0.15) is 30.9 Å². The smallest absolute Gasteiger partial charge is 0.282 e. The zero-order valence-electron chi connectivity index (χ0n) is 24.5. The molecule has 6 rings (SSSR count). The molecule has 1 saturated carbocycles. The van der Waals surface area contributed by atoms with Gasteiger partial charge < -0.3 is 26.0 Å². The fraction of sp³-hybridized carbons (Fsp3) is 0.344. The molecule has 0 amide bonds. The second kappa shape index (κ2) is 13.3. The molecule has 3 aromatic heterocycles. The number of hydrogen-bond acceptors (Lipinski definition) is 9. The van der Waals surface area contributed by atoms with Gasteiger partial charge >= 0.3 is 0 Å². The first-order valence-electron chi connectivity index (χ1n) is 15.0. The molecular formula is C32H38N8O3S. The number of aliphatic hydroxyl groups is 1. The first-order valence-corrected chi connectivity index (χ1v) is 16.5. The third-order valence-corrected chi connectivity index (χ3v) is 9.86. The Hall–Kier alpha value is -4.10. The van der Waals surface area contributed by atoms with Gasteiger partial charge in [-0.05, 0) is 81.5 Å². The molecule has 0 aliphatic heterocycles. The van der Waals surface area contributed by atoms with E-state index >= 15 is 0 Å². The molecular weight excluding hydrogens is 576 g/mol. The van der Waals surface area contributed by atoms with Crippen molar-refractivity contribution in [3.8, 4) is 11.3 Å². The molecule has 3 atom stereocenters. The lowest BCUT2D eigenvalue weighted by molar-refractivity contribution is 0.136. The predicted molar refractivity (Wildman–Crippen MR) is 170 cm³/mol. The highest BCUT2D eigenvalue weighted by molar-refractivity contribution is 7.89. The van der Waals surface area contributed by atoms with Crippen molar-refractivity contribution in [1.82, 2.24) is 34.4 Å². The van der Waals surface area contributed by atoms with Crippen LogP contribution in [0.15, 0.2) is 90.3 Å². The zero-order valence-corrected chi connectivity index (χ0v) is 25.3. The molecule has 1 aliphatic rings. The van der Waals surface area contributed by atoms with Crippen molar-refractivity contribution >= 4 is 26.9 Å². The number of hydrogen-bond donors (Lipinski definition) is 4. The quantitative estimate of drug-likeness (QED) is 0.146. The summed E-state index contributed by atoms with van der Waals surface area (Å²) in [4.78, 5) is 8.84. The Morgan fingerprint density at radius 3 is 2.48 bits per heavy atom. The fourth-order valence-corrected chi connectivity index (χ4v) is 7.18. The Morgan fingerprint density at radius 1 is 0.932 bits per heavy atom. The zero-order chi connectivity index (χ0) is 30.5. The van der Waals surface area contributed by atoms with Crippen LogP contribution in [0.4, 0.5) is 5.82 Å². The Morgan fingerprint density at radius 2 is 1.68 bits per heavy atom. The highest BCUT2D eigenvalue weighted by Gasteiger charge is 2.35. The number of rotatable bonds is 13. The van der Waals surface area contributed by atoms with Gasteiger partial charge in [0.05, 0.1) is 28.1 Å². The molecule has 5 N–H and O–H groups in total. The van der Waals surface area contributed by atoms with Crippen molar-refractivity contribution < 1.29 is 13.5 Å². The molecule has 3 heterocycles. The van der Waals surface area contributed by atoms with Gasteiger partial charge in [-0.3, -0.25) is 0 Å². The number of nitrogens with zero attached hydrogens (tertiary/aromatic N) is 5. The Labute approximate surface area is 257 Å². The van der Waals surface area contributed by atoms with Crippen molar-refractivity contribution in [2.75, 3.05) is 31.9 Å². The van der Waals surface area contributed by atoms with E-state index < -0.39 is 16.1 Å². The van der Waals surface area contributed by atoms with Gasteiger partial charge in [0.1, 0.15) is 17.8 Å². The SMILES string of the molecule is Nc1ncnc2c1c(-c1ccn(S(=O)(=O)c3ccccc3)n1)cn2C1C[C@H](CNCCCNCCc2ccccc2)C[C@H]1O. The average molecular weight is 615 g/mol. The topological polar surface area (TPSA) is 153 Å². The first kappa shape index (κ1) is 29.9. The second-order valence-corrected chi connectivity index (χ2v) is 13.1. The molecule has 0 radical (unpaired) electrons. The van der Waals surface area contributed by atoms with Gasteiger partial charge in [0.25, 0.3) is 10.0 Å². The maximum atomic E-state index is 13.1. The van der Waals surface area contributed by atoms with Crippen LogP contribution in [0.5, 0.6) is 0 Å². The van der Waals surface area contributed by atoms with Gasteiger partial charge in [0.2, 0.25) is 0 Å². The van der Waals surface area contributed by atoms with Crippen molar-refractivity contribution in [2.24, 2.45) is 5.92 Å². The standard InChI is InChI=1S/C32H38N8O3S/c33-31-30-26(27-13-17-40(38-27)44(42,43)25-10-5-2-6-11-25)21-39(32(30)37-22-36-31)28-18-24(19-29(28)41)20-35-15-7-14-34-16-12-23-8-3-1-4-9-23/h1-6,8-11,13,17,21-22,24,28-29,34-35,41H,7,12,14-16,18-20H2,(H2,33,36,37)/t24-,28?,29+/m0/s1.